The van der Waals surface area contributed by atoms with Gasteiger partial charge < -0.3 is 0 Å². The van der Waals surface area contributed by atoms with Gasteiger partial charge in [0.25, 0.3) is 5.56 Å². The summed E-state index contributed by atoms with van der Waals surface area (Å²) in [5, 5.41) is 6.47. The standard InChI is InChI=1S/C15H10Br2N2O/c16-13-8-18-19(15(20)14(13)17)9-11-6-3-5-10-4-1-2-7-12(10)11/h1-8H,9H2. The monoisotopic (exact) mass is 392 g/mol. The fraction of sp³-hybridized carbons (Fsp3) is 0.0667. The second kappa shape index (κ2) is 5.50. The van der Waals surface area contributed by atoms with Crippen LogP contribution in [0.2, 0.25) is 0 Å². The van der Waals surface area contributed by atoms with Gasteiger partial charge in [0.1, 0.15) is 4.47 Å². The Hall–Kier alpha value is -1.46. The zero-order chi connectivity index (χ0) is 14.1. The van der Waals surface area contributed by atoms with Crippen molar-refractivity contribution < 1.29 is 0 Å². The first-order chi connectivity index (χ1) is 9.66. The quantitative estimate of drug-likeness (QED) is 0.660. The van der Waals surface area contributed by atoms with Crippen molar-refractivity contribution in [2.24, 2.45) is 0 Å². The summed E-state index contributed by atoms with van der Waals surface area (Å²) >= 11 is 6.56. The molecule has 20 heavy (non-hydrogen) atoms. The Kier molecular flexibility index (Phi) is 3.72. The molecule has 1 aromatic heterocycles. The van der Waals surface area contributed by atoms with Crippen molar-refractivity contribution in [1.29, 1.82) is 0 Å². The van der Waals surface area contributed by atoms with Crippen LogP contribution in [0.5, 0.6) is 0 Å². The third kappa shape index (κ3) is 2.43. The Labute approximate surface area is 132 Å². The molecule has 0 amide bonds. The molecule has 0 aliphatic heterocycles. The molecule has 0 aliphatic carbocycles. The van der Waals surface area contributed by atoms with Crippen LogP contribution in [0, 0.1) is 0 Å². The van der Waals surface area contributed by atoms with Crippen LogP contribution >= 0.6 is 31.9 Å². The largest absolute Gasteiger partial charge is 0.282 e. The zero-order valence-corrected chi connectivity index (χ0v) is 13.6. The maximum Gasteiger partial charge on any atom is 0.282 e. The van der Waals surface area contributed by atoms with Crippen molar-refractivity contribution in [2.75, 3.05) is 0 Å². The number of nitrogens with zero attached hydrogens (tertiary/aromatic N) is 2. The van der Waals surface area contributed by atoms with Gasteiger partial charge in [-0.25, -0.2) is 4.68 Å². The molecule has 0 atom stereocenters. The molecule has 1 heterocycles. The molecular formula is C15H10Br2N2O. The lowest BCUT2D eigenvalue weighted by atomic mass is 10.0. The van der Waals surface area contributed by atoms with Crippen LogP contribution in [0.3, 0.4) is 0 Å². The molecule has 0 spiro atoms. The molecule has 0 bridgehead atoms. The number of fused-ring (bicyclic) bond motifs is 1. The molecule has 2 aromatic carbocycles. The molecule has 3 aromatic rings. The summed E-state index contributed by atoms with van der Waals surface area (Å²) < 4.78 is 2.61. The molecule has 3 rings (SSSR count). The van der Waals surface area contributed by atoms with Gasteiger partial charge in [-0.1, -0.05) is 42.5 Å². The number of hydrogen-bond donors (Lipinski definition) is 0. The summed E-state index contributed by atoms with van der Waals surface area (Å²) in [6.07, 6.45) is 1.62. The topological polar surface area (TPSA) is 34.9 Å². The van der Waals surface area contributed by atoms with Crippen LogP contribution in [0.1, 0.15) is 5.56 Å². The van der Waals surface area contributed by atoms with E-state index in [2.05, 4.69) is 55.2 Å². The van der Waals surface area contributed by atoms with Gasteiger partial charge in [-0.2, -0.15) is 5.10 Å². The van der Waals surface area contributed by atoms with E-state index in [1.807, 2.05) is 24.3 Å². The van der Waals surface area contributed by atoms with Gasteiger partial charge in [0.05, 0.1) is 17.2 Å². The van der Waals surface area contributed by atoms with E-state index in [4.69, 9.17) is 0 Å². The Morgan fingerprint density at radius 2 is 1.80 bits per heavy atom. The lowest BCUT2D eigenvalue weighted by Gasteiger charge is -2.09. The third-order valence-corrected chi connectivity index (χ3v) is 5.04. The maximum atomic E-state index is 12.2. The molecule has 5 heteroatoms. The molecule has 3 nitrogen and oxygen atoms in total. The van der Waals surface area contributed by atoms with Crippen molar-refractivity contribution in [1.82, 2.24) is 9.78 Å². The molecular weight excluding hydrogens is 384 g/mol. The highest BCUT2D eigenvalue weighted by Gasteiger charge is 2.08. The Morgan fingerprint density at radius 3 is 2.65 bits per heavy atom. The van der Waals surface area contributed by atoms with E-state index >= 15 is 0 Å². The van der Waals surface area contributed by atoms with Crippen molar-refractivity contribution in [3.63, 3.8) is 0 Å². The van der Waals surface area contributed by atoms with E-state index < -0.39 is 0 Å². The van der Waals surface area contributed by atoms with E-state index in [0.717, 1.165) is 16.3 Å². The first-order valence-corrected chi connectivity index (χ1v) is 7.63. The molecule has 0 radical (unpaired) electrons. The van der Waals surface area contributed by atoms with Crippen molar-refractivity contribution in [3.05, 3.63) is 73.5 Å². The number of rotatable bonds is 2. The lowest BCUT2D eigenvalue weighted by molar-refractivity contribution is 0.635. The molecule has 0 fully saturated rings. The maximum absolute atomic E-state index is 12.2. The van der Waals surface area contributed by atoms with Gasteiger partial charge >= 0.3 is 0 Å². The second-order valence-corrected chi connectivity index (χ2v) is 6.05. The van der Waals surface area contributed by atoms with Crippen molar-refractivity contribution in [2.45, 2.75) is 6.54 Å². The van der Waals surface area contributed by atoms with Crippen molar-refractivity contribution >= 4 is 42.6 Å². The van der Waals surface area contributed by atoms with Gasteiger partial charge in [-0.3, -0.25) is 4.79 Å². The molecule has 100 valence electrons. The Bertz CT molecular complexity index is 837. The minimum atomic E-state index is -0.146. The SMILES string of the molecule is O=c1c(Br)c(Br)cnn1Cc1cccc2ccccc12. The molecule has 0 unspecified atom stereocenters. The zero-order valence-electron chi connectivity index (χ0n) is 10.4. The number of benzene rings is 2. The van der Waals surface area contributed by atoms with Crippen LogP contribution in [0.4, 0.5) is 0 Å². The van der Waals surface area contributed by atoms with E-state index in [1.54, 1.807) is 6.20 Å². The Balaban J connectivity index is 2.11. The van der Waals surface area contributed by atoms with E-state index in [0.29, 0.717) is 15.5 Å². The van der Waals surface area contributed by atoms with Crippen LogP contribution < -0.4 is 5.56 Å². The summed E-state index contributed by atoms with van der Waals surface area (Å²) in [5.41, 5.74) is 0.930. The first kappa shape index (κ1) is 13.5. The van der Waals surface area contributed by atoms with Crippen molar-refractivity contribution in [3.8, 4) is 0 Å². The number of aromatic nitrogens is 2. The number of halogens is 2. The highest BCUT2D eigenvalue weighted by molar-refractivity contribution is 9.13. The highest BCUT2D eigenvalue weighted by Crippen LogP contribution is 2.20. The summed E-state index contributed by atoms with van der Waals surface area (Å²) in [6.45, 7) is 0.450. The second-order valence-electron chi connectivity index (χ2n) is 4.41. The van der Waals surface area contributed by atoms with E-state index in [9.17, 15) is 4.79 Å². The van der Waals surface area contributed by atoms with Gasteiger partial charge in [0.15, 0.2) is 0 Å². The van der Waals surface area contributed by atoms with Gasteiger partial charge in [-0.15, -0.1) is 0 Å². The Morgan fingerprint density at radius 1 is 1.05 bits per heavy atom. The van der Waals surface area contributed by atoms with Crippen LogP contribution in [-0.4, -0.2) is 9.78 Å². The van der Waals surface area contributed by atoms with E-state index in [-0.39, 0.29) is 5.56 Å². The first-order valence-electron chi connectivity index (χ1n) is 6.04. The summed E-state index contributed by atoms with van der Waals surface area (Å²) in [7, 11) is 0. The molecule has 0 saturated heterocycles. The predicted octanol–water partition coefficient (Wildman–Crippen LogP) is 3.97. The fourth-order valence-electron chi connectivity index (χ4n) is 2.15. The average molecular weight is 394 g/mol. The number of hydrogen-bond acceptors (Lipinski definition) is 2. The minimum Gasteiger partial charge on any atom is -0.266 e. The minimum absolute atomic E-state index is 0.146. The summed E-state index contributed by atoms with van der Waals surface area (Å²) in [6, 6.07) is 14.2. The normalized spacial score (nSPS) is 10.9. The van der Waals surface area contributed by atoms with Crippen LogP contribution in [-0.2, 0) is 6.54 Å². The van der Waals surface area contributed by atoms with E-state index in [1.165, 1.54) is 4.68 Å². The van der Waals surface area contributed by atoms with Crippen LogP contribution in [0.25, 0.3) is 10.8 Å². The highest BCUT2D eigenvalue weighted by atomic mass is 79.9. The molecule has 0 aliphatic rings. The molecule has 0 N–H and O–H groups in total. The average Bonchev–Trinajstić information content (AvgIpc) is 2.48. The van der Waals surface area contributed by atoms with Crippen LogP contribution in [0.15, 0.2) is 62.4 Å². The lowest BCUT2D eigenvalue weighted by Crippen LogP contribution is -2.24. The molecule has 0 saturated carbocycles. The fourth-order valence-corrected chi connectivity index (χ4v) is 2.72. The van der Waals surface area contributed by atoms with Gasteiger partial charge in [0.2, 0.25) is 0 Å². The van der Waals surface area contributed by atoms with Gasteiger partial charge in [-0.05, 0) is 48.2 Å². The van der Waals surface area contributed by atoms with Gasteiger partial charge in [0, 0.05) is 0 Å². The summed E-state index contributed by atoms with van der Waals surface area (Å²) in [4.78, 5) is 12.2. The summed E-state index contributed by atoms with van der Waals surface area (Å²) in [5.74, 6) is 0. The third-order valence-electron chi connectivity index (χ3n) is 3.14. The smallest absolute Gasteiger partial charge is 0.266 e. The predicted molar refractivity (Wildman–Crippen MR) is 86.9 cm³/mol.